The zero-order valence-corrected chi connectivity index (χ0v) is 17.7. The number of amidine groups is 1. The smallest absolute Gasteiger partial charge is 0.408 e. The Labute approximate surface area is 186 Å². The zero-order valence-electron chi connectivity index (χ0n) is 17.7. The molecule has 9 heteroatoms. The first-order chi connectivity index (χ1) is 15.3. The fraction of sp³-hybridized carbons (Fsp3) is 0.304. The minimum atomic E-state index is -1.23. The Hall–Kier alpha value is -3.88. The van der Waals surface area contributed by atoms with Crippen molar-refractivity contribution >= 4 is 23.8 Å². The number of rotatable bonds is 12. The number of hydrogen-bond acceptors (Lipinski definition) is 5. The van der Waals surface area contributed by atoms with Crippen molar-refractivity contribution in [3.8, 4) is 0 Å². The van der Waals surface area contributed by atoms with Crippen LogP contribution in [0.15, 0.2) is 54.6 Å². The summed E-state index contributed by atoms with van der Waals surface area (Å²) in [7, 11) is 0. The Morgan fingerprint density at radius 3 is 2.31 bits per heavy atom. The van der Waals surface area contributed by atoms with Crippen molar-refractivity contribution in [2.24, 2.45) is 5.73 Å². The number of aryl methyl sites for hydroxylation is 1. The van der Waals surface area contributed by atoms with Gasteiger partial charge in [0.25, 0.3) is 0 Å². The van der Waals surface area contributed by atoms with Crippen molar-refractivity contribution in [3.05, 3.63) is 71.3 Å². The van der Waals surface area contributed by atoms with Gasteiger partial charge in [0.2, 0.25) is 5.91 Å². The third kappa shape index (κ3) is 8.86. The number of carbonyl (C=O) groups excluding carboxylic acids is 2. The number of carboxylic acids is 1. The molecule has 0 fully saturated rings. The van der Waals surface area contributed by atoms with E-state index in [0.717, 1.165) is 24.0 Å². The summed E-state index contributed by atoms with van der Waals surface area (Å²) in [4.78, 5) is 35.4. The molecular formula is C23H28N4O5. The van der Waals surface area contributed by atoms with Crippen molar-refractivity contribution in [3.63, 3.8) is 0 Å². The van der Waals surface area contributed by atoms with E-state index in [9.17, 15) is 14.4 Å². The lowest BCUT2D eigenvalue weighted by Gasteiger charge is -2.17. The van der Waals surface area contributed by atoms with Gasteiger partial charge in [-0.2, -0.15) is 0 Å². The SMILES string of the molecule is N=C(N)c1ccc(CCCCNC(=O)C(CC(=O)O)NC(=O)OCc2ccccc2)cc1. The first-order valence-electron chi connectivity index (χ1n) is 10.2. The van der Waals surface area contributed by atoms with Crippen molar-refractivity contribution in [2.75, 3.05) is 6.54 Å². The van der Waals surface area contributed by atoms with Crippen molar-refractivity contribution in [1.29, 1.82) is 5.41 Å². The lowest BCUT2D eigenvalue weighted by Crippen LogP contribution is -2.48. The molecule has 0 radical (unpaired) electrons. The van der Waals surface area contributed by atoms with Crippen LogP contribution < -0.4 is 16.4 Å². The second-order valence-electron chi connectivity index (χ2n) is 7.22. The average molecular weight is 441 g/mol. The molecule has 1 atom stereocenters. The summed E-state index contributed by atoms with van der Waals surface area (Å²) in [5.74, 6) is -1.76. The molecule has 0 saturated heterocycles. The van der Waals surface area contributed by atoms with E-state index in [1.807, 2.05) is 18.2 Å². The molecule has 0 aromatic heterocycles. The van der Waals surface area contributed by atoms with E-state index in [2.05, 4.69) is 10.6 Å². The van der Waals surface area contributed by atoms with Crippen molar-refractivity contribution < 1.29 is 24.2 Å². The Bertz CT molecular complexity index is 916. The summed E-state index contributed by atoms with van der Waals surface area (Å²) < 4.78 is 5.06. The molecule has 0 aliphatic rings. The van der Waals surface area contributed by atoms with Gasteiger partial charge in [-0.25, -0.2) is 4.79 Å². The van der Waals surface area contributed by atoms with Gasteiger partial charge in [0, 0.05) is 12.1 Å². The number of carbonyl (C=O) groups is 3. The van der Waals surface area contributed by atoms with Gasteiger partial charge in [-0.15, -0.1) is 0 Å². The number of nitrogens with one attached hydrogen (secondary N) is 3. The number of aliphatic carboxylic acids is 1. The van der Waals surface area contributed by atoms with Gasteiger partial charge < -0.3 is 26.2 Å². The van der Waals surface area contributed by atoms with Gasteiger partial charge in [0.1, 0.15) is 18.5 Å². The van der Waals surface area contributed by atoms with Crippen LogP contribution in [0.1, 0.15) is 36.0 Å². The summed E-state index contributed by atoms with van der Waals surface area (Å²) in [5.41, 5.74) is 7.97. The van der Waals surface area contributed by atoms with Crippen molar-refractivity contribution in [2.45, 2.75) is 38.3 Å². The standard InChI is InChI=1S/C23H28N4O5/c24-21(25)18-11-9-16(10-12-18)6-4-5-13-26-22(30)19(14-20(28)29)27-23(31)32-15-17-7-2-1-3-8-17/h1-3,7-12,19H,4-6,13-15H2,(H3,24,25)(H,26,30)(H,27,31)(H,28,29). The van der Waals surface area contributed by atoms with Gasteiger partial charge in [-0.3, -0.25) is 15.0 Å². The molecule has 0 aliphatic heterocycles. The third-order valence-corrected chi connectivity index (χ3v) is 4.66. The van der Waals surface area contributed by atoms with E-state index in [0.29, 0.717) is 18.5 Å². The zero-order chi connectivity index (χ0) is 23.3. The number of nitrogen functional groups attached to an aromatic ring is 1. The number of carboxylic acid groups (broad SMARTS) is 1. The molecule has 170 valence electrons. The third-order valence-electron chi connectivity index (χ3n) is 4.66. The monoisotopic (exact) mass is 440 g/mol. The molecule has 0 heterocycles. The molecule has 2 aromatic carbocycles. The fourth-order valence-electron chi connectivity index (χ4n) is 2.93. The van der Waals surface area contributed by atoms with Crippen LogP contribution in [-0.4, -0.2) is 41.5 Å². The van der Waals surface area contributed by atoms with Crippen LogP contribution in [0.4, 0.5) is 4.79 Å². The number of nitrogens with two attached hydrogens (primary N) is 1. The Kier molecular flexibility index (Phi) is 9.70. The van der Waals surface area contributed by atoms with Gasteiger partial charge in [0.15, 0.2) is 0 Å². The average Bonchev–Trinajstić information content (AvgIpc) is 2.77. The summed E-state index contributed by atoms with van der Waals surface area (Å²) in [6.45, 7) is 0.364. The highest BCUT2D eigenvalue weighted by Gasteiger charge is 2.24. The van der Waals surface area contributed by atoms with E-state index >= 15 is 0 Å². The predicted octanol–water partition coefficient (Wildman–Crippen LogP) is 2.18. The topological polar surface area (TPSA) is 155 Å². The van der Waals surface area contributed by atoms with E-state index < -0.39 is 30.4 Å². The van der Waals surface area contributed by atoms with Crippen LogP contribution in [0, 0.1) is 5.41 Å². The summed E-state index contributed by atoms with van der Waals surface area (Å²) in [6, 6.07) is 15.2. The van der Waals surface area contributed by atoms with Gasteiger partial charge in [0.05, 0.1) is 6.42 Å². The quantitative estimate of drug-likeness (QED) is 0.194. The minimum absolute atomic E-state index is 0.0154. The highest BCUT2D eigenvalue weighted by Crippen LogP contribution is 2.08. The molecular weight excluding hydrogens is 412 g/mol. The van der Waals surface area contributed by atoms with E-state index in [1.54, 1.807) is 36.4 Å². The van der Waals surface area contributed by atoms with Crippen LogP contribution in [-0.2, 0) is 27.4 Å². The minimum Gasteiger partial charge on any atom is -0.481 e. The van der Waals surface area contributed by atoms with Gasteiger partial charge >= 0.3 is 12.1 Å². The molecule has 0 saturated carbocycles. The number of unbranched alkanes of at least 4 members (excludes halogenated alkanes) is 1. The summed E-state index contributed by atoms with van der Waals surface area (Å²) in [6.07, 6.45) is 0.865. The highest BCUT2D eigenvalue weighted by molar-refractivity contribution is 5.94. The molecule has 6 N–H and O–H groups in total. The van der Waals surface area contributed by atoms with Gasteiger partial charge in [-0.05, 0) is 30.4 Å². The van der Waals surface area contributed by atoms with Crippen LogP contribution >= 0.6 is 0 Å². The second-order valence-corrected chi connectivity index (χ2v) is 7.22. The van der Waals surface area contributed by atoms with Crippen molar-refractivity contribution in [1.82, 2.24) is 10.6 Å². The van der Waals surface area contributed by atoms with Crippen LogP contribution in [0.25, 0.3) is 0 Å². The number of amides is 2. The largest absolute Gasteiger partial charge is 0.481 e. The first kappa shape index (κ1) is 24.4. The molecule has 32 heavy (non-hydrogen) atoms. The summed E-state index contributed by atoms with van der Waals surface area (Å²) >= 11 is 0. The van der Waals surface area contributed by atoms with Gasteiger partial charge in [-0.1, -0.05) is 54.6 Å². The maximum absolute atomic E-state index is 12.3. The number of alkyl carbamates (subject to hydrolysis) is 1. The maximum Gasteiger partial charge on any atom is 0.408 e. The molecule has 9 nitrogen and oxygen atoms in total. The predicted molar refractivity (Wildman–Crippen MR) is 119 cm³/mol. The summed E-state index contributed by atoms with van der Waals surface area (Å²) in [5, 5.41) is 21.4. The van der Waals surface area contributed by atoms with Crippen LogP contribution in [0.5, 0.6) is 0 Å². The molecule has 0 spiro atoms. The maximum atomic E-state index is 12.3. The molecule has 0 aliphatic carbocycles. The first-order valence-corrected chi connectivity index (χ1v) is 10.2. The second kappa shape index (κ2) is 12.7. The molecule has 1 unspecified atom stereocenters. The molecule has 2 rings (SSSR count). The van der Waals surface area contributed by atoms with E-state index in [1.165, 1.54) is 0 Å². The van der Waals surface area contributed by atoms with Crippen LogP contribution in [0.2, 0.25) is 0 Å². The molecule has 2 aromatic rings. The molecule has 0 bridgehead atoms. The molecule has 2 amide bonds. The normalized spacial score (nSPS) is 11.2. The lowest BCUT2D eigenvalue weighted by atomic mass is 10.1. The fourth-order valence-corrected chi connectivity index (χ4v) is 2.93. The lowest BCUT2D eigenvalue weighted by molar-refractivity contribution is -0.139. The number of ether oxygens (including phenoxy) is 1. The number of hydrogen-bond donors (Lipinski definition) is 5. The van der Waals surface area contributed by atoms with E-state index in [-0.39, 0.29) is 12.4 Å². The Balaban J connectivity index is 1.73. The Morgan fingerprint density at radius 1 is 1.00 bits per heavy atom. The van der Waals surface area contributed by atoms with Crippen LogP contribution in [0.3, 0.4) is 0 Å². The highest BCUT2D eigenvalue weighted by atomic mass is 16.5. The van der Waals surface area contributed by atoms with E-state index in [4.69, 9.17) is 21.0 Å². The number of benzene rings is 2. The Morgan fingerprint density at radius 2 is 1.69 bits per heavy atom.